The summed E-state index contributed by atoms with van der Waals surface area (Å²) in [5, 5.41) is 9.26. The number of aromatic nitrogens is 3. The molecule has 3 rings (SSSR count). The zero-order chi connectivity index (χ0) is 14.7. The number of fused-ring (bicyclic) bond motifs is 1. The molecule has 2 N–H and O–H groups in total. The minimum absolute atomic E-state index is 0.211. The van der Waals surface area contributed by atoms with Crippen molar-refractivity contribution in [3.8, 4) is 0 Å². The molecule has 1 aromatic heterocycles. The van der Waals surface area contributed by atoms with E-state index in [9.17, 15) is 4.39 Å². The van der Waals surface area contributed by atoms with Crippen molar-refractivity contribution in [2.75, 3.05) is 6.54 Å². The molecule has 0 amide bonds. The van der Waals surface area contributed by atoms with Gasteiger partial charge in [-0.1, -0.05) is 12.5 Å². The van der Waals surface area contributed by atoms with E-state index in [4.69, 9.17) is 5.73 Å². The van der Waals surface area contributed by atoms with Crippen LogP contribution < -0.4 is 5.73 Å². The van der Waals surface area contributed by atoms with Gasteiger partial charge in [-0.3, -0.25) is 0 Å². The van der Waals surface area contributed by atoms with Crippen molar-refractivity contribution in [3.05, 3.63) is 35.4 Å². The van der Waals surface area contributed by atoms with Crippen LogP contribution in [-0.2, 0) is 19.4 Å². The second-order valence-corrected chi connectivity index (χ2v) is 6.28. The van der Waals surface area contributed by atoms with Gasteiger partial charge in [-0.2, -0.15) is 0 Å². The number of nitrogens with two attached hydrogens (primary N) is 1. The first kappa shape index (κ1) is 14.5. The molecule has 0 saturated carbocycles. The molecule has 1 aliphatic heterocycles. The van der Waals surface area contributed by atoms with Crippen LogP contribution in [0.15, 0.2) is 28.3 Å². The van der Waals surface area contributed by atoms with Gasteiger partial charge in [0, 0.05) is 13.0 Å². The summed E-state index contributed by atoms with van der Waals surface area (Å²) in [5.41, 5.74) is 6.43. The molecule has 1 aliphatic rings. The first-order valence-corrected chi connectivity index (χ1v) is 8.18. The Balaban J connectivity index is 1.82. The van der Waals surface area contributed by atoms with Gasteiger partial charge in [0.05, 0.1) is 4.90 Å². The molecule has 1 aromatic carbocycles. The van der Waals surface area contributed by atoms with Crippen LogP contribution in [0.2, 0.25) is 0 Å². The molecular weight excluding hydrogens is 287 g/mol. The molecule has 0 bridgehead atoms. The van der Waals surface area contributed by atoms with E-state index in [1.165, 1.54) is 18.2 Å². The quantitative estimate of drug-likeness (QED) is 0.943. The molecule has 0 aliphatic carbocycles. The van der Waals surface area contributed by atoms with E-state index >= 15 is 0 Å². The molecule has 4 nitrogen and oxygen atoms in total. The third-order valence-corrected chi connectivity index (χ3v) is 4.74. The normalized spacial score (nSPS) is 14.8. The smallest absolute Gasteiger partial charge is 0.196 e. The fraction of sp³-hybridized carbons (Fsp3) is 0.467. The number of nitrogens with zero attached hydrogens (tertiary/aromatic N) is 3. The average molecular weight is 306 g/mol. The van der Waals surface area contributed by atoms with Gasteiger partial charge < -0.3 is 10.3 Å². The van der Waals surface area contributed by atoms with Crippen LogP contribution >= 0.6 is 11.8 Å². The Hall–Kier alpha value is -1.40. The average Bonchev–Trinajstić information content (AvgIpc) is 2.70. The zero-order valence-electron chi connectivity index (χ0n) is 11.9. The number of aryl methyl sites for hydroxylation is 1. The summed E-state index contributed by atoms with van der Waals surface area (Å²) < 4.78 is 16.3. The number of halogens is 1. The van der Waals surface area contributed by atoms with E-state index in [-0.39, 0.29) is 5.82 Å². The molecule has 0 fully saturated rings. The maximum Gasteiger partial charge on any atom is 0.196 e. The topological polar surface area (TPSA) is 56.7 Å². The molecule has 0 spiro atoms. The lowest BCUT2D eigenvalue weighted by atomic mass is 10.1. The predicted molar refractivity (Wildman–Crippen MR) is 80.9 cm³/mol. The third-order valence-electron chi connectivity index (χ3n) is 3.71. The lowest BCUT2D eigenvalue weighted by molar-refractivity contribution is 0.585. The Morgan fingerprint density at radius 1 is 1.24 bits per heavy atom. The molecule has 0 saturated heterocycles. The molecular formula is C15H19FN4S. The SMILES string of the molecule is NCCc1ccc(Sc2nnc3n2CCCCC3)c(F)c1. The largest absolute Gasteiger partial charge is 0.330 e. The van der Waals surface area contributed by atoms with E-state index < -0.39 is 0 Å². The molecule has 112 valence electrons. The van der Waals surface area contributed by atoms with Crippen molar-refractivity contribution >= 4 is 11.8 Å². The van der Waals surface area contributed by atoms with E-state index in [0.29, 0.717) is 17.9 Å². The lowest BCUT2D eigenvalue weighted by Crippen LogP contribution is -2.03. The first-order valence-electron chi connectivity index (χ1n) is 7.36. The molecule has 0 radical (unpaired) electrons. The first-order chi connectivity index (χ1) is 10.3. The maximum atomic E-state index is 14.2. The molecule has 2 heterocycles. The summed E-state index contributed by atoms with van der Waals surface area (Å²) >= 11 is 1.35. The van der Waals surface area contributed by atoms with Crippen molar-refractivity contribution in [1.29, 1.82) is 0 Å². The Kier molecular flexibility index (Phi) is 4.55. The van der Waals surface area contributed by atoms with Gasteiger partial charge in [0.25, 0.3) is 0 Å². The highest BCUT2D eigenvalue weighted by Crippen LogP contribution is 2.30. The van der Waals surface area contributed by atoms with E-state index in [1.807, 2.05) is 12.1 Å². The number of hydrogen-bond acceptors (Lipinski definition) is 4. The number of hydrogen-bond donors (Lipinski definition) is 1. The molecule has 0 atom stereocenters. The van der Waals surface area contributed by atoms with Crippen molar-refractivity contribution in [2.24, 2.45) is 5.73 Å². The highest BCUT2D eigenvalue weighted by Gasteiger charge is 2.17. The van der Waals surface area contributed by atoms with E-state index in [1.54, 1.807) is 6.07 Å². The Morgan fingerprint density at radius 2 is 2.14 bits per heavy atom. The Morgan fingerprint density at radius 3 is 2.95 bits per heavy atom. The summed E-state index contributed by atoms with van der Waals surface area (Å²) in [6, 6.07) is 5.30. The van der Waals surface area contributed by atoms with Gasteiger partial charge in [-0.15, -0.1) is 10.2 Å². The molecule has 2 aromatic rings. The second kappa shape index (κ2) is 6.58. The summed E-state index contributed by atoms with van der Waals surface area (Å²) in [4.78, 5) is 0.593. The standard InChI is InChI=1S/C15H19FN4S/c16-12-10-11(7-8-17)5-6-13(12)21-15-19-18-14-4-2-1-3-9-20(14)15/h5-6,10H,1-4,7-9,17H2. The fourth-order valence-corrected chi connectivity index (χ4v) is 3.46. The van der Waals surface area contributed by atoms with Crippen molar-refractivity contribution in [3.63, 3.8) is 0 Å². The maximum absolute atomic E-state index is 14.2. The summed E-state index contributed by atoms with van der Waals surface area (Å²) in [7, 11) is 0. The van der Waals surface area contributed by atoms with Crippen LogP contribution in [-0.4, -0.2) is 21.3 Å². The van der Waals surface area contributed by atoms with Gasteiger partial charge in [-0.05, 0) is 55.3 Å². The minimum Gasteiger partial charge on any atom is -0.330 e. The zero-order valence-corrected chi connectivity index (χ0v) is 12.7. The highest BCUT2D eigenvalue weighted by molar-refractivity contribution is 7.99. The second-order valence-electron chi connectivity index (χ2n) is 5.27. The van der Waals surface area contributed by atoms with Gasteiger partial charge in [0.1, 0.15) is 11.6 Å². The minimum atomic E-state index is -0.211. The van der Waals surface area contributed by atoms with Gasteiger partial charge >= 0.3 is 0 Å². The van der Waals surface area contributed by atoms with E-state index in [0.717, 1.165) is 42.4 Å². The van der Waals surface area contributed by atoms with Crippen LogP contribution in [0.1, 0.15) is 30.7 Å². The van der Waals surface area contributed by atoms with Crippen molar-refractivity contribution < 1.29 is 4.39 Å². The molecule has 21 heavy (non-hydrogen) atoms. The van der Waals surface area contributed by atoms with Crippen molar-refractivity contribution in [1.82, 2.24) is 14.8 Å². The monoisotopic (exact) mass is 306 g/mol. The highest BCUT2D eigenvalue weighted by atomic mass is 32.2. The summed E-state index contributed by atoms with van der Waals surface area (Å²) in [6.07, 6.45) is 5.17. The van der Waals surface area contributed by atoms with Gasteiger partial charge in [0.15, 0.2) is 5.16 Å². The summed E-state index contributed by atoms with van der Waals surface area (Å²) in [5.74, 6) is 0.812. The fourth-order valence-electron chi connectivity index (χ4n) is 2.58. The van der Waals surface area contributed by atoms with Crippen LogP contribution in [0.5, 0.6) is 0 Å². The lowest BCUT2D eigenvalue weighted by Gasteiger charge is -2.08. The van der Waals surface area contributed by atoms with Crippen molar-refractivity contribution in [2.45, 2.75) is 48.7 Å². The van der Waals surface area contributed by atoms with Crippen LogP contribution in [0.25, 0.3) is 0 Å². The number of rotatable bonds is 4. The van der Waals surface area contributed by atoms with Crippen LogP contribution in [0.3, 0.4) is 0 Å². The predicted octanol–water partition coefficient (Wildman–Crippen LogP) is 2.80. The Labute approximate surface area is 127 Å². The van der Waals surface area contributed by atoms with Crippen LogP contribution in [0.4, 0.5) is 4.39 Å². The van der Waals surface area contributed by atoms with E-state index in [2.05, 4.69) is 14.8 Å². The Bertz CT molecular complexity index is 626. The van der Waals surface area contributed by atoms with Gasteiger partial charge in [-0.25, -0.2) is 4.39 Å². The summed E-state index contributed by atoms with van der Waals surface area (Å²) in [6.45, 7) is 1.46. The van der Waals surface area contributed by atoms with Gasteiger partial charge in [0.2, 0.25) is 0 Å². The molecule has 6 heteroatoms. The third kappa shape index (κ3) is 3.27. The van der Waals surface area contributed by atoms with Crippen LogP contribution in [0, 0.1) is 5.82 Å². The number of benzene rings is 1. The molecule has 0 unspecified atom stereocenters.